The molecule has 0 spiro atoms. The number of nitrogens with one attached hydrogen (secondary N) is 1. The average molecular weight is 323 g/mol. The maximum Gasteiger partial charge on any atom is 0.137 e. The largest absolute Gasteiger partial charge is 0.302 e. The van der Waals surface area contributed by atoms with E-state index >= 15 is 0 Å². The molecular weight excluding hydrogens is 307 g/mol. The number of benzene rings is 1. The smallest absolute Gasteiger partial charge is 0.137 e. The molecule has 0 saturated heterocycles. The monoisotopic (exact) mass is 322 g/mol. The molecule has 2 rings (SSSR count). The van der Waals surface area contributed by atoms with Crippen molar-refractivity contribution in [2.75, 3.05) is 0 Å². The van der Waals surface area contributed by atoms with E-state index in [1.807, 2.05) is 18.2 Å². The third-order valence-corrected chi connectivity index (χ3v) is 3.68. The Morgan fingerprint density at radius 1 is 1.16 bits per heavy atom. The van der Waals surface area contributed by atoms with Crippen molar-refractivity contribution in [1.29, 1.82) is 0 Å². The fourth-order valence-electron chi connectivity index (χ4n) is 1.97. The SMILES string of the molecule is CC(N[C@@H](C)c1ccccn1)c1ccc(F)c(Br)c1. The Morgan fingerprint density at radius 2 is 1.95 bits per heavy atom. The van der Waals surface area contributed by atoms with Crippen LogP contribution in [0.3, 0.4) is 0 Å². The van der Waals surface area contributed by atoms with E-state index in [4.69, 9.17) is 0 Å². The lowest BCUT2D eigenvalue weighted by Crippen LogP contribution is -2.23. The standard InChI is InChI=1S/C15H16BrFN2/c1-10(12-6-7-14(17)13(16)9-12)19-11(2)15-5-3-4-8-18-15/h3-11,19H,1-2H3/t10?,11-/m0/s1. The molecule has 2 atom stereocenters. The van der Waals surface area contributed by atoms with Crippen LogP contribution in [0.4, 0.5) is 4.39 Å². The average Bonchev–Trinajstić information content (AvgIpc) is 2.42. The van der Waals surface area contributed by atoms with Crippen LogP contribution in [0.25, 0.3) is 0 Å². The van der Waals surface area contributed by atoms with E-state index in [1.54, 1.807) is 18.3 Å². The molecule has 0 bridgehead atoms. The first kappa shape index (κ1) is 14.2. The van der Waals surface area contributed by atoms with Crippen LogP contribution < -0.4 is 5.32 Å². The van der Waals surface area contributed by atoms with Crippen molar-refractivity contribution in [2.24, 2.45) is 0 Å². The zero-order valence-corrected chi connectivity index (χ0v) is 12.5. The molecular formula is C15H16BrFN2. The van der Waals surface area contributed by atoms with Crippen LogP contribution in [-0.4, -0.2) is 4.98 Å². The molecule has 1 heterocycles. The summed E-state index contributed by atoms with van der Waals surface area (Å²) >= 11 is 3.21. The fourth-order valence-corrected chi connectivity index (χ4v) is 2.37. The third kappa shape index (κ3) is 3.61. The van der Waals surface area contributed by atoms with Gasteiger partial charge in [0.15, 0.2) is 0 Å². The number of hydrogen-bond donors (Lipinski definition) is 1. The van der Waals surface area contributed by atoms with Gasteiger partial charge in [0.05, 0.1) is 10.2 Å². The van der Waals surface area contributed by atoms with E-state index in [0.717, 1.165) is 11.3 Å². The summed E-state index contributed by atoms with van der Waals surface area (Å²) in [7, 11) is 0. The van der Waals surface area contributed by atoms with Gasteiger partial charge in [0, 0.05) is 18.3 Å². The maximum absolute atomic E-state index is 13.2. The molecule has 1 aromatic carbocycles. The van der Waals surface area contributed by atoms with Gasteiger partial charge in [-0.2, -0.15) is 0 Å². The molecule has 0 fully saturated rings. The topological polar surface area (TPSA) is 24.9 Å². The summed E-state index contributed by atoms with van der Waals surface area (Å²) in [5, 5.41) is 3.45. The Hall–Kier alpha value is -1.26. The minimum absolute atomic E-state index is 0.119. The highest BCUT2D eigenvalue weighted by atomic mass is 79.9. The first-order valence-corrected chi connectivity index (χ1v) is 6.99. The fraction of sp³-hybridized carbons (Fsp3) is 0.267. The Bertz CT molecular complexity index is 545. The molecule has 2 aromatic rings. The molecule has 19 heavy (non-hydrogen) atoms. The second-order valence-corrected chi connectivity index (χ2v) is 5.39. The van der Waals surface area contributed by atoms with Crippen molar-refractivity contribution in [3.8, 4) is 0 Å². The van der Waals surface area contributed by atoms with Crippen molar-refractivity contribution in [2.45, 2.75) is 25.9 Å². The maximum atomic E-state index is 13.2. The number of nitrogens with zero attached hydrogens (tertiary/aromatic N) is 1. The van der Waals surface area contributed by atoms with Crippen molar-refractivity contribution < 1.29 is 4.39 Å². The summed E-state index contributed by atoms with van der Waals surface area (Å²) < 4.78 is 13.7. The Morgan fingerprint density at radius 3 is 2.58 bits per heavy atom. The first-order valence-electron chi connectivity index (χ1n) is 6.20. The van der Waals surface area contributed by atoms with Crippen LogP contribution in [0.15, 0.2) is 47.1 Å². The number of pyridine rings is 1. The van der Waals surface area contributed by atoms with E-state index in [2.05, 4.69) is 40.1 Å². The molecule has 0 aliphatic heterocycles. The number of aromatic nitrogens is 1. The first-order chi connectivity index (χ1) is 9.08. The van der Waals surface area contributed by atoms with Crippen molar-refractivity contribution in [1.82, 2.24) is 10.3 Å². The Kier molecular flexibility index (Phi) is 4.66. The summed E-state index contributed by atoms with van der Waals surface area (Å²) in [6.07, 6.45) is 1.78. The summed E-state index contributed by atoms with van der Waals surface area (Å²) in [5.74, 6) is -0.242. The lowest BCUT2D eigenvalue weighted by Gasteiger charge is -2.20. The van der Waals surface area contributed by atoms with Gasteiger partial charge in [-0.15, -0.1) is 0 Å². The molecule has 1 aromatic heterocycles. The van der Waals surface area contributed by atoms with Gasteiger partial charge in [0.25, 0.3) is 0 Å². The third-order valence-electron chi connectivity index (χ3n) is 3.08. The minimum atomic E-state index is -0.242. The highest BCUT2D eigenvalue weighted by Crippen LogP contribution is 2.23. The second kappa shape index (κ2) is 6.26. The van der Waals surface area contributed by atoms with E-state index < -0.39 is 0 Å². The molecule has 2 nitrogen and oxygen atoms in total. The quantitative estimate of drug-likeness (QED) is 0.902. The van der Waals surface area contributed by atoms with Gasteiger partial charge in [0.1, 0.15) is 5.82 Å². The number of rotatable bonds is 4. The van der Waals surface area contributed by atoms with E-state index in [1.165, 1.54) is 6.07 Å². The number of halogens is 2. The molecule has 1 N–H and O–H groups in total. The Balaban J connectivity index is 2.08. The summed E-state index contributed by atoms with van der Waals surface area (Å²) in [4.78, 5) is 4.33. The van der Waals surface area contributed by atoms with Gasteiger partial charge in [-0.05, 0) is 59.6 Å². The summed E-state index contributed by atoms with van der Waals surface area (Å²) in [5.41, 5.74) is 2.03. The van der Waals surface area contributed by atoms with Gasteiger partial charge < -0.3 is 5.32 Å². The van der Waals surface area contributed by atoms with Crippen LogP contribution in [0, 0.1) is 5.82 Å². The van der Waals surface area contributed by atoms with Gasteiger partial charge in [-0.3, -0.25) is 4.98 Å². The normalized spacial score (nSPS) is 14.1. The zero-order valence-electron chi connectivity index (χ0n) is 10.9. The molecule has 100 valence electrons. The lowest BCUT2D eigenvalue weighted by atomic mass is 10.1. The predicted octanol–water partition coefficient (Wildman–Crippen LogP) is 4.40. The van der Waals surface area contributed by atoms with Crippen LogP contribution in [0.2, 0.25) is 0 Å². The molecule has 0 aliphatic carbocycles. The van der Waals surface area contributed by atoms with Crippen LogP contribution >= 0.6 is 15.9 Å². The van der Waals surface area contributed by atoms with Crippen molar-refractivity contribution in [3.05, 3.63) is 64.1 Å². The molecule has 0 aliphatic rings. The van der Waals surface area contributed by atoms with Crippen LogP contribution in [0.5, 0.6) is 0 Å². The van der Waals surface area contributed by atoms with Gasteiger partial charge in [-0.1, -0.05) is 12.1 Å². The van der Waals surface area contributed by atoms with E-state index in [-0.39, 0.29) is 17.9 Å². The predicted molar refractivity (Wildman–Crippen MR) is 78.3 cm³/mol. The van der Waals surface area contributed by atoms with Gasteiger partial charge >= 0.3 is 0 Å². The molecule has 4 heteroatoms. The number of hydrogen-bond acceptors (Lipinski definition) is 2. The van der Waals surface area contributed by atoms with Crippen LogP contribution in [0.1, 0.15) is 37.2 Å². The highest BCUT2D eigenvalue weighted by Gasteiger charge is 2.12. The highest BCUT2D eigenvalue weighted by molar-refractivity contribution is 9.10. The molecule has 1 unspecified atom stereocenters. The Labute approximate surface area is 121 Å². The van der Waals surface area contributed by atoms with Gasteiger partial charge in [0.2, 0.25) is 0 Å². The molecule has 0 amide bonds. The summed E-state index contributed by atoms with van der Waals surface area (Å²) in [6, 6.07) is 11.2. The molecule has 0 saturated carbocycles. The lowest BCUT2D eigenvalue weighted by molar-refractivity contribution is 0.485. The van der Waals surface area contributed by atoms with E-state index in [0.29, 0.717) is 4.47 Å². The molecule has 0 radical (unpaired) electrons. The van der Waals surface area contributed by atoms with Crippen molar-refractivity contribution in [3.63, 3.8) is 0 Å². The zero-order chi connectivity index (χ0) is 13.8. The van der Waals surface area contributed by atoms with Crippen molar-refractivity contribution >= 4 is 15.9 Å². The van der Waals surface area contributed by atoms with E-state index in [9.17, 15) is 4.39 Å². The van der Waals surface area contributed by atoms with Gasteiger partial charge in [-0.25, -0.2) is 4.39 Å². The minimum Gasteiger partial charge on any atom is -0.302 e. The second-order valence-electron chi connectivity index (χ2n) is 4.54. The van der Waals surface area contributed by atoms with Crippen LogP contribution in [-0.2, 0) is 0 Å². The summed E-state index contributed by atoms with van der Waals surface area (Å²) in [6.45, 7) is 4.12.